The van der Waals surface area contributed by atoms with Gasteiger partial charge in [-0.2, -0.15) is 0 Å². The Kier molecular flexibility index (Phi) is 5.01. The fraction of sp³-hybridized carbons (Fsp3) is 0.269. The molecule has 5 heteroatoms. The van der Waals surface area contributed by atoms with E-state index in [2.05, 4.69) is 75.1 Å². The summed E-state index contributed by atoms with van der Waals surface area (Å²) in [6, 6.07) is 19.0. The van der Waals surface area contributed by atoms with Crippen molar-refractivity contribution in [2.75, 3.05) is 16.5 Å². The van der Waals surface area contributed by atoms with Crippen LogP contribution in [0.25, 0.3) is 11.1 Å². The first-order valence-corrected chi connectivity index (χ1v) is 11.4. The molecule has 0 N–H and O–H groups in total. The molecule has 0 saturated carbocycles. The largest absolute Gasteiger partial charge is 0.459 e. The molecule has 2 bridgehead atoms. The lowest BCUT2D eigenvalue weighted by Gasteiger charge is -2.45. The molecule has 0 atom stereocenters. The van der Waals surface area contributed by atoms with Crippen LogP contribution in [0, 0.1) is 6.92 Å². The first-order chi connectivity index (χ1) is 14.9. The Hall–Kier alpha value is -2.79. The minimum atomic E-state index is -0.268. The summed E-state index contributed by atoms with van der Waals surface area (Å²) in [5, 5.41) is 0. The fourth-order valence-corrected chi connectivity index (χ4v) is 5.11. The second-order valence-electron chi connectivity index (χ2n) is 8.61. The smallest absolute Gasteiger partial charge is 0.339 e. The van der Waals surface area contributed by atoms with E-state index in [1.807, 2.05) is 26.0 Å². The van der Waals surface area contributed by atoms with Crippen LogP contribution in [-0.2, 0) is 17.8 Å². The lowest BCUT2D eigenvalue weighted by molar-refractivity contribution is 0.0379. The first kappa shape index (κ1) is 20.1. The standard InChI is InChI=1S/C26H25BrN2O2/c1-16(2)31-26(30)22-6-4-5-17(3)25(22)18-7-9-23-19(11-18)13-28-15-29(23)14-20-12-21(27)8-10-24(20)28/h4-12,16H,13-15H2,1-3H3. The van der Waals surface area contributed by atoms with E-state index >= 15 is 0 Å². The lowest BCUT2D eigenvalue weighted by atomic mass is 9.92. The van der Waals surface area contributed by atoms with Crippen molar-refractivity contribution in [1.29, 1.82) is 0 Å². The van der Waals surface area contributed by atoms with Crippen molar-refractivity contribution in [2.24, 2.45) is 0 Å². The normalized spacial score (nSPS) is 14.4. The van der Waals surface area contributed by atoms with Gasteiger partial charge in [-0.15, -0.1) is 0 Å². The molecular weight excluding hydrogens is 452 g/mol. The van der Waals surface area contributed by atoms with Crippen LogP contribution < -0.4 is 9.80 Å². The van der Waals surface area contributed by atoms with Crippen LogP contribution in [0.5, 0.6) is 0 Å². The van der Waals surface area contributed by atoms with E-state index in [0.29, 0.717) is 5.56 Å². The van der Waals surface area contributed by atoms with E-state index < -0.39 is 0 Å². The number of benzene rings is 3. The Morgan fingerprint density at radius 3 is 2.35 bits per heavy atom. The molecule has 0 aliphatic carbocycles. The Morgan fingerprint density at radius 1 is 0.968 bits per heavy atom. The van der Waals surface area contributed by atoms with E-state index in [0.717, 1.165) is 40.9 Å². The number of anilines is 2. The second-order valence-corrected chi connectivity index (χ2v) is 9.52. The number of carbonyl (C=O) groups excluding carboxylic acids is 1. The third kappa shape index (κ3) is 3.61. The molecule has 3 aromatic rings. The lowest BCUT2D eigenvalue weighted by Crippen LogP contribution is -2.46. The fourth-order valence-electron chi connectivity index (χ4n) is 4.70. The van der Waals surface area contributed by atoms with Crippen molar-refractivity contribution in [3.8, 4) is 11.1 Å². The summed E-state index contributed by atoms with van der Waals surface area (Å²) >= 11 is 3.60. The number of rotatable bonds is 3. The zero-order valence-corrected chi connectivity index (χ0v) is 19.6. The molecule has 2 aliphatic rings. The van der Waals surface area contributed by atoms with Crippen molar-refractivity contribution >= 4 is 33.3 Å². The molecule has 0 radical (unpaired) electrons. The molecule has 0 spiro atoms. The number of esters is 1. The molecular formula is C26H25BrN2O2. The third-order valence-corrected chi connectivity index (χ3v) is 6.48. The predicted octanol–water partition coefficient (Wildman–Crippen LogP) is 6.29. The van der Waals surface area contributed by atoms with Crippen molar-refractivity contribution in [3.63, 3.8) is 0 Å². The summed E-state index contributed by atoms with van der Waals surface area (Å²) in [5.41, 5.74) is 8.91. The number of nitrogens with zero attached hydrogens (tertiary/aromatic N) is 2. The molecule has 0 aromatic heterocycles. The highest BCUT2D eigenvalue weighted by Gasteiger charge is 2.30. The number of hydrogen-bond acceptors (Lipinski definition) is 4. The summed E-state index contributed by atoms with van der Waals surface area (Å²) in [6.07, 6.45) is -0.149. The maximum Gasteiger partial charge on any atom is 0.339 e. The minimum Gasteiger partial charge on any atom is -0.459 e. The molecule has 4 nitrogen and oxygen atoms in total. The van der Waals surface area contributed by atoms with Crippen molar-refractivity contribution in [3.05, 3.63) is 81.3 Å². The number of hydrogen-bond donors (Lipinski definition) is 0. The van der Waals surface area contributed by atoms with Crippen LogP contribution in [0.2, 0.25) is 0 Å². The summed E-state index contributed by atoms with van der Waals surface area (Å²) < 4.78 is 6.63. The summed E-state index contributed by atoms with van der Waals surface area (Å²) in [6.45, 7) is 8.46. The number of halogens is 1. The van der Waals surface area contributed by atoms with E-state index in [4.69, 9.17) is 4.74 Å². The van der Waals surface area contributed by atoms with E-state index in [9.17, 15) is 4.79 Å². The van der Waals surface area contributed by atoms with Gasteiger partial charge in [0.1, 0.15) is 0 Å². The van der Waals surface area contributed by atoms with E-state index in [1.54, 1.807) is 0 Å². The first-order valence-electron chi connectivity index (χ1n) is 10.6. The van der Waals surface area contributed by atoms with Gasteiger partial charge in [0.15, 0.2) is 0 Å². The second kappa shape index (κ2) is 7.72. The van der Waals surface area contributed by atoms with Crippen LogP contribution >= 0.6 is 15.9 Å². The van der Waals surface area contributed by atoms with Crippen LogP contribution in [0.3, 0.4) is 0 Å². The highest BCUT2D eigenvalue weighted by Crippen LogP contribution is 2.41. The van der Waals surface area contributed by atoms with Crippen molar-refractivity contribution in [2.45, 2.75) is 40.0 Å². The maximum absolute atomic E-state index is 12.8. The maximum atomic E-state index is 12.8. The number of carbonyl (C=O) groups is 1. The number of aryl methyl sites for hydroxylation is 1. The topological polar surface area (TPSA) is 32.8 Å². The Labute approximate surface area is 191 Å². The molecule has 158 valence electrons. The van der Waals surface area contributed by atoms with Crippen LogP contribution in [0.1, 0.15) is 40.9 Å². The average molecular weight is 477 g/mol. The zero-order valence-electron chi connectivity index (χ0n) is 18.0. The molecule has 5 rings (SSSR count). The highest BCUT2D eigenvalue weighted by molar-refractivity contribution is 9.10. The van der Waals surface area contributed by atoms with Gasteiger partial charge in [-0.05, 0) is 85.0 Å². The van der Waals surface area contributed by atoms with E-state index in [1.165, 1.54) is 22.5 Å². The van der Waals surface area contributed by atoms with Gasteiger partial charge in [0, 0.05) is 28.9 Å². The van der Waals surface area contributed by atoms with Crippen LogP contribution in [-0.4, -0.2) is 18.7 Å². The molecule has 3 aromatic carbocycles. The van der Waals surface area contributed by atoms with Crippen LogP contribution in [0.15, 0.2) is 59.1 Å². The highest BCUT2D eigenvalue weighted by atomic mass is 79.9. The average Bonchev–Trinajstić information content (AvgIpc) is 2.72. The number of ether oxygens (including phenoxy) is 1. The third-order valence-electron chi connectivity index (χ3n) is 5.99. The van der Waals surface area contributed by atoms with Gasteiger partial charge in [-0.1, -0.05) is 34.1 Å². The van der Waals surface area contributed by atoms with Gasteiger partial charge >= 0.3 is 5.97 Å². The van der Waals surface area contributed by atoms with E-state index in [-0.39, 0.29) is 12.1 Å². The van der Waals surface area contributed by atoms with Gasteiger partial charge in [-0.25, -0.2) is 4.79 Å². The van der Waals surface area contributed by atoms with Crippen molar-refractivity contribution < 1.29 is 9.53 Å². The SMILES string of the molecule is Cc1cccc(C(=O)OC(C)C)c1-c1ccc2c(c1)CN1CN2Cc2cc(Br)ccc21. The summed E-state index contributed by atoms with van der Waals surface area (Å²) in [4.78, 5) is 17.6. The predicted molar refractivity (Wildman–Crippen MR) is 129 cm³/mol. The Bertz CT molecular complexity index is 1190. The molecule has 0 amide bonds. The number of fused-ring (bicyclic) bond motifs is 6. The monoisotopic (exact) mass is 476 g/mol. The summed E-state index contributed by atoms with van der Waals surface area (Å²) in [7, 11) is 0. The molecule has 31 heavy (non-hydrogen) atoms. The van der Waals surface area contributed by atoms with Crippen molar-refractivity contribution in [1.82, 2.24) is 0 Å². The Balaban J connectivity index is 1.55. The minimum absolute atomic E-state index is 0.149. The molecule has 0 unspecified atom stereocenters. The summed E-state index contributed by atoms with van der Waals surface area (Å²) in [5.74, 6) is -0.268. The Morgan fingerprint density at radius 2 is 1.65 bits per heavy atom. The van der Waals surface area contributed by atoms with Gasteiger partial charge in [0.25, 0.3) is 0 Å². The van der Waals surface area contributed by atoms with Gasteiger partial charge in [0.05, 0.1) is 18.3 Å². The zero-order chi connectivity index (χ0) is 21.7. The van der Waals surface area contributed by atoms with Gasteiger partial charge in [-0.3, -0.25) is 0 Å². The molecule has 0 fully saturated rings. The molecule has 2 aliphatic heterocycles. The van der Waals surface area contributed by atoms with Crippen LogP contribution in [0.4, 0.5) is 11.4 Å². The van der Waals surface area contributed by atoms with Gasteiger partial charge in [0.2, 0.25) is 0 Å². The van der Waals surface area contributed by atoms with Gasteiger partial charge < -0.3 is 14.5 Å². The molecule has 2 heterocycles. The molecule has 0 saturated heterocycles. The quantitative estimate of drug-likeness (QED) is 0.416.